The maximum absolute atomic E-state index is 14.0. The third-order valence-corrected chi connectivity index (χ3v) is 12.1. The van der Waals surface area contributed by atoms with E-state index in [1.54, 1.807) is 12.1 Å². The summed E-state index contributed by atoms with van der Waals surface area (Å²) in [5.74, 6) is -0.973. The van der Waals surface area contributed by atoms with Crippen molar-refractivity contribution >= 4 is 51.5 Å². The Morgan fingerprint density at radius 3 is 2.16 bits per heavy atom. The average Bonchev–Trinajstić information content (AvgIpc) is 3.58. The van der Waals surface area contributed by atoms with Crippen LogP contribution >= 0.6 is 11.3 Å². The van der Waals surface area contributed by atoms with Crippen LogP contribution in [0.4, 0.5) is 16.4 Å². The van der Waals surface area contributed by atoms with Gasteiger partial charge >= 0.3 is 11.9 Å². The van der Waals surface area contributed by atoms with Crippen molar-refractivity contribution in [1.82, 2.24) is 4.90 Å². The van der Waals surface area contributed by atoms with Crippen LogP contribution in [0, 0.1) is 5.92 Å². The fourth-order valence-corrected chi connectivity index (χ4v) is 9.14. The van der Waals surface area contributed by atoms with E-state index < -0.39 is 0 Å². The fourth-order valence-electron chi connectivity index (χ4n) is 7.86. The lowest BCUT2D eigenvalue weighted by Gasteiger charge is -2.39. The second-order valence-electron chi connectivity index (χ2n) is 14.9. The Bertz CT molecular complexity index is 1980. The molecule has 1 heterocycles. The van der Waals surface area contributed by atoms with Crippen molar-refractivity contribution in [2.24, 2.45) is 5.92 Å². The lowest BCUT2D eigenvalue weighted by atomic mass is 9.84. The summed E-state index contributed by atoms with van der Waals surface area (Å²) in [5.41, 5.74) is 6.37. The SMILES string of the molecule is COC(=O)c1ccc(N(C)Cc2ccc(NC(=O)c3c(NC(=O)c4cccc(CN(C(C)C)C5CCC(C(=O)OC)CC5)c4)sc4c3CCCC4)cc2)cc1. The first-order valence-electron chi connectivity index (χ1n) is 19.2. The number of aryl methyl sites for hydroxylation is 1. The van der Waals surface area contributed by atoms with Crippen LogP contribution in [0.25, 0.3) is 0 Å². The number of thiophene rings is 1. The van der Waals surface area contributed by atoms with Gasteiger partial charge in [0.1, 0.15) is 5.00 Å². The van der Waals surface area contributed by atoms with Gasteiger partial charge in [0.25, 0.3) is 11.8 Å². The molecule has 6 rings (SSSR count). The van der Waals surface area contributed by atoms with Crippen LogP contribution in [-0.2, 0) is 40.2 Å². The van der Waals surface area contributed by atoms with Gasteiger partial charge in [-0.05, 0) is 130 Å². The number of hydrogen-bond acceptors (Lipinski definition) is 9. The number of nitrogens with one attached hydrogen (secondary N) is 2. The predicted molar refractivity (Wildman–Crippen MR) is 218 cm³/mol. The smallest absolute Gasteiger partial charge is 0.337 e. The minimum absolute atomic E-state index is 0.0253. The van der Waals surface area contributed by atoms with Crippen LogP contribution in [0.1, 0.15) is 105 Å². The van der Waals surface area contributed by atoms with Crippen molar-refractivity contribution in [1.29, 1.82) is 0 Å². The normalized spacial score (nSPS) is 16.6. The van der Waals surface area contributed by atoms with Gasteiger partial charge in [0.2, 0.25) is 0 Å². The van der Waals surface area contributed by atoms with Crippen LogP contribution in [-0.4, -0.2) is 62.0 Å². The van der Waals surface area contributed by atoms with Gasteiger partial charge in [0.15, 0.2) is 0 Å². The summed E-state index contributed by atoms with van der Waals surface area (Å²) >= 11 is 1.51. The van der Waals surface area contributed by atoms with E-state index in [0.29, 0.717) is 52.6 Å². The number of carbonyl (C=O) groups is 4. The molecule has 1 aromatic heterocycles. The number of anilines is 3. The summed E-state index contributed by atoms with van der Waals surface area (Å²) in [4.78, 5) is 57.4. The van der Waals surface area contributed by atoms with Crippen LogP contribution in [0.5, 0.6) is 0 Å². The molecule has 0 radical (unpaired) electrons. The molecular formula is C44H52N4O6S. The van der Waals surface area contributed by atoms with E-state index in [0.717, 1.165) is 78.6 Å². The molecule has 2 amide bonds. The van der Waals surface area contributed by atoms with E-state index in [4.69, 9.17) is 9.47 Å². The molecule has 0 spiro atoms. The molecule has 0 aliphatic heterocycles. The Morgan fingerprint density at radius 2 is 1.49 bits per heavy atom. The highest BCUT2D eigenvalue weighted by atomic mass is 32.1. The molecule has 0 saturated heterocycles. The number of rotatable bonds is 13. The second kappa shape index (κ2) is 18.1. The fraction of sp³-hybridized carbons (Fsp3) is 0.409. The van der Waals surface area contributed by atoms with Gasteiger partial charge in [-0.1, -0.05) is 24.3 Å². The van der Waals surface area contributed by atoms with E-state index in [1.807, 2.05) is 61.6 Å². The average molecular weight is 765 g/mol. The van der Waals surface area contributed by atoms with Crippen molar-refractivity contribution in [3.8, 4) is 0 Å². The van der Waals surface area contributed by atoms with Crippen LogP contribution < -0.4 is 15.5 Å². The minimum Gasteiger partial charge on any atom is -0.469 e. The van der Waals surface area contributed by atoms with Gasteiger partial charge in [-0.25, -0.2) is 4.79 Å². The molecule has 3 aromatic carbocycles. The Kier molecular flexibility index (Phi) is 13.1. The first kappa shape index (κ1) is 39.7. The summed E-state index contributed by atoms with van der Waals surface area (Å²) < 4.78 is 9.79. The summed E-state index contributed by atoms with van der Waals surface area (Å²) in [6.45, 7) is 5.72. The zero-order valence-electron chi connectivity index (χ0n) is 32.5. The van der Waals surface area contributed by atoms with Crippen molar-refractivity contribution in [3.05, 3.63) is 111 Å². The molecule has 2 N–H and O–H groups in total. The van der Waals surface area contributed by atoms with Crippen molar-refractivity contribution in [3.63, 3.8) is 0 Å². The van der Waals surface area contributed by atoms with E-state index in [-0.39, 0.29) is 29.7 Å². The number of nitrogens with zero attached hydrogens (tertiary/aromatic N) is 2. The Balaban J connectivity index is 1.12. The highest BCUT2D eigenvalue weighted by Crippen LogP contribution is 2.39. The first-order chi connectivity index (χ1) is 26.5. The Labute approximate surface area is 328 Å². The molecule has 1 saturated carbocycles. The number of hydrogen-bond donors (Lipinski definition) is 2. The van der Waals surface area contributed by atoms with Gasteiger partial charge in [-0.15, -0.1) is 11.3 Å². The van der Waals surface area contributed by atoms with Gasteiger partial charge in [0.05, 0.1) is 31.3 Å². The summed E-state index contributed by atoms with van der Waals surface area (Å²) in [7, 11) is 4.81. The molecule has 4 aromatic rings. The molecule has 2 aliphatic carbocycles. The zero-order chi connectivity index (χ0) is 39.1. The molecule has 11 heteroatoms. The topological polar surface area (TPSA) is 117 Å². The van der Waals surface area contributed by atoms with Gasteiger partial charge in [-0.3, -0.25) is 19.3 Å². The molecule has 0 atom stereocenters. The van der Waals surface area contributed by atoms with Gasteiger partial charge in [-0.2, -0.15) is 0 Å². The highest BCUT2D eigenvalue weighted by Gasteiger charge is 2.31. The molecule has 0 bridgehead atoms. The predicted octanol–water partition coefficient (Wildman–Crippen LogP) is 8.50. The summed E-state index contributed by atoms with van der Waals surface area (Å²) in [5, 5.41) is 6.81. The number of benzene rings is 3. The van der Waals surface area contributed by atoms with Crippen LogP contribution in [0.15, 0.2) is 72.8 Å². The minimum atomic E-state index is -0.368. The number of ether oxygens (including phenoxy) is 2. The van der Waals surface area contributed by atoms with Gasteiger partial charge in [0, 0.05) is 54.0 Å². The molecule has 10 nitrogen and oxygen atoms in total. The standard InChI is InChI=1S/C44H52N4O6S/c1-28(2)48(36-23-17-32(18-24-36)44(52)54-5)27-30-9-8-10-33(25-30)40(49)46-42-39(37-11-6-7-12-38(37)55-42)41(50)45-34-19-13-29(14-20-34)26-47(3)35-21-15-31(16-22-35)43(51)53-4/h8-10,13-16,19-22,25,28,32,36H,6-7,11-12,17-18,23-24,26-27H2,1-5H3,(H,45,50)(H,46,49). The monoisotopic (exact) mass is 764 g/mol. The number of carbonyl (C=O) groups excluding carboxylic acids is 4. The van der Waals surface area contributed by atoms with Crippen LogP contribution in [0.2, 0.25) is 0 Å². The number of amides is 2. The van der Waals surface area contributed by atoms with E-state index >= 15 is 0 Å². The lowest BCUT2D eigenvalue weighted by molar-refractivity contribution is -0.147. The first-order valence-corrected chi connectivity index (χ1v) is 20.0. The maximum Gasteiger partial charge on any atom is 0.337 e. The molecule has 55 heavy (non-hydrogen) atoms. The number of fused-ring (bicyclic) bond motifs is 1. The Hall–Kier alpha value is -5.00. The van der Waals surface area contributed by atoms with Crippen LogP contribution in [0.3, 0.4) is 0 Å². The third-order valence-electron chi connectivity index (χ3n) is 10.9. The Morgan fingerprint density at radius 1 is 0.782 bits per heavy atom. The summed E-state index contributed by atoms with van der Waals surface area (Å²) in [6.07, 6.45) is 7.28. The van der Waals surface area contributed by atoms with E-state index in [9.17, 15) is 19.2 Å². The molecule has 2 aliphatic rings. The van der Waals surface area contributed by atoms with Gasteiger partial charge < -0.3 is 25.0 Å². The zero-order valence-corrected chi connectivity index (χ0v) is 33.3. The maximum atomic E-state index is 14.0. The van der Waals surface area contributed by atoms with Crippen molar-refractivity contribution in [2.45, 2.75) is 90.4 Å². The molecular weight excluding hydrogens is 713 g/mol. The number of esters is 2. The third kappa shape index (κ3) is 9.63. The molecule has 0 unspecified atom stereocenters. The second-order valence-corrected chi connectivity index (χ2v) is 16.0. The summed E-state index contributed by atoms with van der Waals surface area (Å²) in [6, 6.07) is 23.4. The van der Waals surface area contributed by atoms with Crippen molar-refractivity contribution < 1.29 is 28.7 Å². The largest absolute Gasteiger partial charge is 0.469 e. The highest BCUT2D eigenvalue weighted by molar-refractivity contribution is 7.17. The van der Waals surface area contributed by atoms with E-state index in [1.165, 1.54) is 25.6 Å². The molecule has 290 valence electrons. The van der Waals surface area contributed by atoms with Crippen molar-refractivity contribution in [2.75, 3.05) is 36.8 Å². The van der Waals surface area contributed by atoms with E-state index in [2.05, 4.69) is 40.3 Å². The molecule has 1 fully saturated rings. The quantitative estimate of drug-likeness (QED) is 0.130. The number of methoxy groups -OCH3 is 2. The lowest BCUT2D eigenvalue weighted by Crippen LogP contribution is -2.42.